The number of hydrogen-bond donors (Lipinski definition) is 1. The van der Waals surface area contributed by atoms with Crippen molar-refractivity contribution in [3.8, 4) is 5.75 Å². The number of rotatable bonds is 6. The Morgan fingerprint density at radius 2 is 2.06 bits per heavy atom. The number of fused-ring (bicyclic) bond motifs is 1. The van der Waals surface area contributed by atoms with Gasteiger partial charge in [-0.25, -0.2) is 9.97 Å². The van der Waals surface area contributed by atoms with E-state index in [-0.39, 0.29) is 11.8 Å². The van der Waals surface area contributed by atoms with Crippen molar-refractivity contribution in [2.45, 2.75) is 13.0 Å². The highest BCUT2D eigenvalue weighted by Gasteiger charge is 2.33. The summed E-state index contributed by atoms with van der Waals surface area (Å²) in [7, 11) is 1.89. The number of imidazole rings is 1. The molecule has 3 heterocycles. The normalized spacial score (nSPS) is 17.0. The summed E-state index contributed by atoms with van der Waals surface area (Å²) in [5.74, 6) is 0.970. The number of nitrogens with one attached hydrogen (secondary N) is 1. The fourth-order valence-corrected chi connectivity index (χ4v) is 3.61. The van der Waals surface area contributed by atoms with Gasteiger partial charge in [0.05, 0.1) is 6.54 Å². The fourth-order valence-electron chi connectivity index (χ4n) is 3.61. The van der Waals surface area contributed by atoms with Crippen LogP contribution in [-0.2, 0) is 4.79 Å². The molecular weight excluding hydrogens is 396 g/mol. The molecule has 1 aliphatic rings. The van der Waals surface area contributed by atoms with Crippen LogP contribution in [0.1, 0.15) is 16.1 Å². The van der Waals surface area contributed by atoms with Crippen molar-refractivity contribution in [1.82, 2.24) is 29.5 Å². The molecule has 9 heteroatoms. The maximum absolute atomic E-state index is 12.9. The second-order valence-corrected chi connectivity index (χ2v) is 7.61. The smallest absolute Gasteiger partial charge is 0.274 e. The summed E-state index contributed by atoms with van der Waals surface area (Å²) in [5, 5.41) is 2.92. The quantitative estimate of drug-likeness (QED) is 0.596. The lowest BCUT2D eigenvalue weighted by molar-refractivity contribution is -0.127. The molecule has 1 atom stereocenters. The van der Waals surface area contributed by atoms with Gasteiger partial charge in [0.2, 0.25) is 11.7 Å². The summed E-state index contributed by atoms with van der Waals surface area (Å²) >= 11 is 0. The highest BCUT2D eigenvalue weighted by Crippen LogP contribution is 2.16. The van der Waals surface area contributed by atoms with Crippen LogP contribution >= 0.6 is 0 Å². The fraction of sp³-hybridized carbons (Fsp3) is 0.364. The van der Waals surface area contributed by atoms with Crippen LogP contribution in [0.2, 0.25) is 0 Å². The minimum absolute atomic E-state index is 0.120. The molecule has 1 aliphatic heterocycles. The first-order valence-corrected chi connectivity index (χ1v) is 10.3. The summed E-state index contributed by atoms with van der Waals surface area (Å²) in [5.41, 5.74) is 1.38. The van der Waals surface area contributed by atoms with E-state index in [4.69, 9.17) is 4.74 Å². The van der Waals surface area contributed by atoms with Gasteiger partial charge in [0.15, 0.2) is 0 Å². The predicted octanol–water partition coefficient (Wildman–Crippen LogP) is 0.989. The Morgan fingerprint density at radius 1 is 1.23 bits per heavy atom. The Hall–Kier alpha value is -3.46. The molecule has 1 aromatic carbocycles. The molecular formula is C22H26N6O3. The molecule has 0 radical (unpaired) electrons. The monoisotopic (exact) mass is 422 g/mol. The van der Waals surface area contributed by atoms with Crippen molar-refractivity contribution >= 4 is 17.6 Å². The van der Waals surface area contributed by atoms with Gasteiger partial charge >= 0.3 is 0 Å². The minimum Gasteiger partial charge on any atom is -0.491 e. The van der Waals surface area contributed by atoms with Crippen LogP contribution in [0.15, 0.2) is 48.9 Å². The number of hydrogen-bond acceptors (Lipinski definition) is 6. The Bertz CT molecular complexity index is 1050. The van der Waals surface area contributed by atoms with E-state index in [1.54, 1.807) is 34.0 Å². The summed E-state index contributed by atoms with van der Waals surface area (Å²) in [6.45, 7) is 4.20. The summed E-state index contributed by atoms with van der Waals surface area (Å²) in [4.78, 5) is 37.8. The third-order valence-electron chi connectivity index (χ3n) is 5.44. The number of benzene rings is 1. The Kier molecular flexibility index (Phi) is 6.13. The summed E-state index contributed by atoms with van der Waals surface area (Å²) in [6.07, 6.45) is 5.10. The third-order valence-corrected chi connectivity index (χ3v) is 5.44. The molecule has 0 aliphatic carbocycles. The number of para-hydroxylation sites is 1. The number of piperazine rings is 1. The lowest BCUT2D eigenvalue weighted by Gasteiger charge is -2.38. The number of nitrogens with zero attached hydrogens (tertiary/aromatic N) is 5. The number of carbonyl (C=O) groups is 2. The molecule has 31 heavy (non-hydrogen) atoms. The second kappa shape index (κ2) is 9.13. The first kappa shape index (κ1) is 20.8. The molecule has 1 fully saturated rings. The van der Waals surface area contributed by atoms with Crippen LogP contribution in [-0.4, -0.2) is 81.9 Å². The van der Waals surface area contributed by atoms with E-state index in [1.165, 1.54) is 0 Å². The average molecular weight is 422 g/mol. The first-order chi connectivity index (χ1) is 15.0. The van der Waals surface area contributed by atoms with Crippen molar-refractivity contribution in [3.63, 3.8) is 0 Å². The topological polar surface area (TPSA) is 92.1 Å². The molecule has 1 N–H and O–H groups in total. The molecule has 0 bridgehead atoms. The predicted molar refractivity (Wildman–Crippen MR) is 115 cm³/mol. The van der Waals surface area contributed by atoms with E-state index in [2.05, 4.69) is 15.3 Å². The Balaban J connectivity index is 1.33. The van der Waals surface area contributed by atoms with E-state index in [0.29, 0.717) is 44.3 Å². The maximum Gasteiger partial charge on any atom is 0.274 e. The van der Waals surface area contributed by atoms with Crippen molar-refractivity contribution in [1.29, 1.82) is 0 Å². The number of amides is 2. The second-order valence-electron chi connectivity index (χ2n) is 7.61. The van der Waals surface area contributed by atoms with Crippen LogP contribution in [0.4, 0.5) is 0 Å². The number of ether oxygens (including phenoxy) is 1. The molecule has 0 spiro atoms. The molecule has 162 valence electrons. The Morgan fingerprint density at radius 3 is 2.87 bits per heavy atom. The van der Waals surface area contributed by atoms with Gasteiger partial charge in [-0.15, -0.1) is 0 Å². The molecule has 2 aromatic heterocycles. The van der Waals surface area contributed by atoms with E-state index in [9.17, 15) is 9.59 Å². The van der Waals surface area contributed by atoms with E-state index in [0.717, 1.165) is 11.3 Å². The lowest BCUT2D eigenvalue weighted by atomic mass is 10.1. The van der Waals surface area contributed by atoms with Gasteiger partial charge in [-0.3, -0.25) is 18.9 Å². The van der Waals surface area contributed by atoms with Gasteiger partial charge in [0, 0.05) is 38.2 Å². The maximum atomic E-state index is 12.9. The van der Waals surface area contributed by atoms with Crippen molar-refractivity contribution in [3.05, 3.63) is 60.2 Å². The van der Waals surface area contributed by atoms with E-state index in [1.807, 2.05) is 43.1 Å². The molecule has 0 saturated carbocycles. The number of carbonyl (C=O) groups excluding carboxylic acids is 2. The lowest BCUT2D eigenvalue weighted by Crippen LogP contribution is -2.59. The van der Waals surface area contributed by atoms with Crippen LogP contribution in [0, 0.1) is 6.92 Å². The zero-order chi connectivity index (χ0) is 21.8. The van der Waals surface area contributed by atoms with Crippen molar-refractivity contribution in [2.75, 3.05) is 39.8 Å². The van der Waals surface area contributed by atoms with Gasteiger partial charge in [-0.05, 0) is 31.7 Å². The largest absolute Gasteiger partial charge is 0.491 e. The summed E-state index contributed by atoms with van der Waals surface area (Å²) < 4.78 is 7.45. The van der Waals surface area contributed by atoms with E-state index >= 15 is 0 Å². The zero-order valence-corrected chi connectivity index (χ0v) is 17.7. The van der Waals surface area contributed by atoms with E-state index < -0.39 is 6.04 Å². The van der Waals surface area contributed by atoms with Crippen LogP contribution in [0.25, 0.3) is 5.78 Å². The van der Waals surface area contributed by atoms with Crippen molar-refractivity contribution in [2.24, 2.45) is 0 Å². The van der Waals surface area contributed by atoms with Gasteiger partial charge in [0.25, 0.3) is 5.91 Å². The molecule has 9 nitrogen and oxygen atoms in total. The molecule has 1 saturated heterocycles. The van der Waals surface area contributed by atoms with Crippen LogP contribution in [0.3, 0.4) is 0 Å². The standard InChI is InChI=1S/C22H26N6O3/c1-16-6-3-4-7-19(16)31-13-9-23-20(29)18-15-27(12-11-26(18)2)21(30)17-14-28-10-5-8-24-22(28)25-17/h3-8,10,14,18H,9,11-13,15H2,1-2H3,(H,23,29). The number of aromatic nitrogens is 3. The van der Waals surface area contributed by atoms with Gasteiger partial charge < -0.3 is 15.0 Å². The van der Waals surface area contributed by atoms with Gasteiger partial charge in [0.1, 0.15) is 24.1 Å². The third kappa shape index (κ3) is 4.66. The van der Waals surface area contributed by atoms with Crippen LogP contribution in [0.5, 0.6) is 5.75 Å². The molecule has 4 rings (SSSR count). The zero-order valence-electron chi connectivity index (χ0n) is 17.7. The van der Waals surface area contributed by atoms with Crippen LogP contribution < -0.4 is 10.1 Å². The minimum atomic E-state index is -0.425. The van der Waals surface area contributed by atoms with Gasteiger partial charge in [-0.1, -0.05) is 18.2 Å². The number of likely N-dealkylation sites (N-methyl/N-ethyl adjacent to an activating group) is 1. The Labute approximate surface area is 180 Å². The number of aryl methyl sites for hydroxylation is 1. The van der Waals surface area contributed by atoms with Crippen molar-refractivity contribution < 1.29 is 14.3 Å². The SMILES string of the molecule is Cc1ccccc1OCCNC(=O)C1CN(C(=O)c2cn3cccnc3n2)CCN1C. The van der Waals surface area contributed by atoms with Gasteiger partial charge in [-0.2, -0.15) is 0 Å². The molecule has 3 aromatic rings. The first-order valence-electron chi connectivity index (χ1n) is 10.3. The highest BCUT2D eigenvalue weighted by molar-refractivity contribution is 5.93. The summed E-state index contributed by atoms with van der Waals surface area (Å²) in [6, 6.07) is 9.12. The average Bonchev–Trinajstić information content (AvgIpc) is 3.22. The molecule has 1 unspecified atom stereocenters. The highest BCUT2D eigenvalue weighted by atomic mass is 16.5. The molecule has 2 amide bonds.